The number of alkyl halides is 2. The van der Waals surface area contributed by atoms with Crippen molar-refractivity contribution >= 4 is 0 Å². The molecule has 2 aliphatic carbocycles. The summed E-state index contributed by atoms with van der Waals surface area (Å²) < 4.78 is 77.9. The zero-order valence-electron chi connectivity index (χ0n) is 19.0. The van der Waals surface area contributed by atoms with E-state index in [1.54, 1.807) is 0 Å². The Bertz CT molecular complexity index is 716. The Balaban J connectivity index is 1.64. The number of rotatable bonds is 5. The van der Waals surface area contributed by atoms with Crippen LogP contribution in [0.3, 0.4) is 0 Å². The normalized spacial score (nSPS) is 31.8. The molecule has 1 aromatic rings. The number of halogens is 4. The van der Waals surface area contributed by atoms with Crippen LogP contribution in [0.2, 0.25) is 0 Å². The van der Waals surface area contributed by atoms with Gasteiger partial charge >= 0.3 is 0 Å². The third-order valence-electron chi connectivity index (χ3n) is 6.92. The summed E-state index contributed by atoms with van der Waals surface area (Å²) in [6.45, 7) is -1.50. The van der Waals surface area contributed by atoms with Crippen LogP contribution in [0.1, 0.15) is 99.1 Å². The molecule has 0 spiro atoms. The van der Waals surface area contributed by atoms with E-state index in [9.17, 15) is 17.6 Å². The summed E-state index contributed by atoms with van der Waals surface area (Å²) >= 11 is 0. The van der Waals surface area contributed by atoms with Gasteiger partial charge in [0, 0.05) is 11.0 Å². The first kappa shape index (κ1) is 16.9. The molecule has 0 nitrogen and oxygen atoms in total. The van der Waals surface area contributed by atoms with E-state index in [0.29, 0.717) is 24.7 Å². The highest BCUT2D eigenvalue weighted by Gasteiger charge is 2.34. The van der Waals surface area contributed by atoms with Crippen molar-refractivity contribution < 1.29 is 21.7 Å². The molecule has 0 radical (unpaired) electrons. The lowest BCUT2D eigenvalue weighted by atomic mass is 9.68. The van der Waals surface area contributed by atoms with Gasteiger partial charge in [0.05, 0.1) is 5.56 Å². The molecule has 0 unspecified atom stereocenters. The van der Waals surface area contributed by atoms with Gasteiger partial charge in [-0.2, -0.15) is 0 Å². The van der Waals surface area contributed by atoms with Crippen LogP contribution in [0, 0.1) is 29.4 Å². The topological polar surface area (TPSA) is 0 Å². The Morgan fingerprint density at radius 2 is 1.52 bits per heavy atom. The van der Waals surface area contributed by atoms with Crippen molar-refractivity contribution in [1.29, 1.82) is 0 Å². The predicted molar refractivity (Wildman–Crippen MR) is 101 cm³/mol. The lowest BCUT2D eigenvalue weighted by Crippen LogP contribution is -2.25. The molecule has 4 heteroatoms. The maximum Gasteiger partial charge on any atom is 0.273 e. The molecule has 0 atom stereocenters. The molecule has 2 saturated carbocycles. The van der Waals surface area contributed by atoms with E-state index in [1.165, 1.54) is 38.5 Å². The van der Waals surface area contributed by atoms with Crippen molar-refractivity contribution in [3.8, 4) is 0 Å². The van der Waals surface area contributed by atoms with Gasteiger partial charge in [-0.15, -0.1) is 0 Å². The molecule has 0 N–H and O–H groups in total. The molecule has 0 saturated heterocycles. The highest BCUT2D eigenvalue weighted by molar-refractivity contribution is 5.31. The van der Waals surface area contributed by atoms with Gasteiger partial charge in [-0.05, 0) is 73.8 Å². The summed E-state index contributed by atoms with van der Waals surface area (Å²) in [5, 5.41) is 0. The monoisotopic (exact) mass is 387 g/mol. The van der Waals surface area contributed by atoms with Crippen LogP contribution >= 0.6 is 0 Å². The van der Waals surface area contributed by atoms with Gasteiger partial charge in [0.25, 0.3) is 5.92 Å². The zero-order chi connectivity index (χ0) is 22.1. The highest BCUT2D eigenvalue weighted by Crippen LogP contribution is 2.45. The first-order valence-corrected chi connectivity index (χ1v) is 10.4. The minimum Gasteiger partial charge on any atom is -0.203 e. The second-order valence-corrected chi connectivity index (χ2v) is 8.59. The molecule has 3 rings (SSSR count). The van der Waals surface area contributed by atoms with Crippen LogP contribution in [0.4, 0.5) is 17.6 Å². The van der Waals surface area contributed by atoms with Gasteiger partial charge in [-0.1, -0.05) is 38.7 Å². The van der Waals surface area contributed by atoms with Crippen molar-refractivity contribution in [1.82, 2.24) is 0 Å². The molecule has 152 valence electrons. The van der Waals surface area contributed by atoms with Gasteiger partial charge in [-0.25, -0.2) is 17.6 Å². The van der Waals surface area contributed by atoms with Crippen LogP contribution in [0.25, 0.3) is 0 Å². The highest BCUT2D eigenvalue weighted by atomic mass is 19.3. The number of hydrogen-bond acceptors (Lipinski definition) is 0. The third kappa shape index (κ3) is 4.68. The molecule has 0 aliphatic heterocycles. The maximum absolute atomic E-state index is 14.6. The third-order valence-corrected chi connectivity index (χ3v) is 6.92. The molecular weight excluding hydrogens is 352 g/mol. The minimum absolute atomic E-state index is 0.0997. The molecule has 2 aliphatic rings. The Labute approximate surface area is 165 Å². The maximum atomic E-state index is 14.6. The van der Waals surface area contributed by atoms with Crippen molar-refractivity contribution in [3.63, 3.8) is 0 Å². The summed E-state index contributed by atoms with van der Waals surface area (Å²) in [5.41, 5.74) is -1.29. The Hall–Kier alpha value is -1.06. The van der Waals surface area contributed by atoms with Gasteiger partial charge in [0.1, 0.15) is 0 Å². The lowest BCUT2D eigenvalue weighted by molar-refractivity contribution is 0.0130. The molecule has 0 aromatic heterocycles. The summed E-state index contributed by atoms with van der Waals surface area (Å²) in [6, 6.07) is 1.91. The van der Waals surface area contributed by atoms with E-state index in [2.05, 4.69) is 6.92 Å². The molecule has 1 aromatic carbocycles. The van der Waals surface area contributed by atoms with Crippen LogP contribution < -0.4 is 0 Å². The van der Waals surface area contributed by atoms with E-state index < -0.39 is 30.0 Å². The van der Waals surface area contributed by atoms with Crippen molar-refractivity contribution in [3.05, 3.63) is 34.9 Å². The molecule has 2 fully saturated rings. The molecule has 0 bridgehead atoms. The number of hydrogen-bond donors (Lipinski definition) is 0. The largest absolute Gasteiger partial charge is 0.273 e. The van der Waals surface area contributed by atoms with Gasteiger partial charge in [-0.3, -0.25) is 0 Å². The van der Waals surface area contributed by atoms with Crippen molar-refractivity contribution in [2.75, 3.05) is 0 Å². The molecule has 0 heterocycles. The standard InChI is InChI=1S/C23H32F4/c1-3-4-15-5-7-16(8-6-15)17-9-11-18(12-10-17)19-13-14-20(23(2,26)27)22(25)21(19)24/h13-18H,3-12H2,1-2H3/i2D3. The summed E-state index contributed by atoms with van der Waals surface area (Å²) in [5.74, 6) is -5.51. The van der Waals surface area contributed by atoms with Gasteiger partial charge < -0.3 is 0 Å². The summed E-state index contributed by atoms with van der Waals surface area (Å²) in [6.07, 6.45) is 10.9. The van der Waals surface area contributed by atoms with Gasteiger partial charge in [0.15, 0.2) is 11.6 Å². The van der Waals surface area contributed by atoms with E-state index in [4.69, 9.17) is 4.11 Å². The van der Waals surface area contributed by atoms with Crippen LogP contribution in [0.15, 0.2) is 12.1 Å². The first-order valence-electron chi connectivity index (χ1n) is 11.9. The fourth-order valence-electron chi connectivity index (χ4n) is 5.38. The quantitative estimate of drug-likeness (QED) is 0.450. The molecular formula is C23H32F4. The van der Waals surface area contributed by atoms with E-state index in [1.807, 2.05) is 0 Å². The van der Waals surface area contributed by atoms with E-state index >= 15 is 0 Å². The molecule has 0 amide bonds. The van der Waals surface area contributed by atoms with Crippen LogP contribution in [-0.2, 0) is 5.92 Å². The van der Waals surface area contributed by atoms with Crippen LogP contribution in [-0.4, -0.2) is 0 Å². The second kappa shape index (κ2) is 8.53. The smallest absolute Gasteiger partial charge is 0.203 e. The van der Waals surface area contributed by atoms with Crippen LogP contribution in [0.5, 0.6) is 0 Å². The SMILES string of the molecule is [2H]C([2H])([2H])C(F)(F)c1ccc(C2CCC(C3CCC(CCC)CC3)CC2)c(F)c1F. The zero-order valence-corrected chi connectivity index (χ0v) is 16.0. The fraction of sp³-hybridized carbons (Fsp3) is 0.739. The fourth-order valence-corrected chi connectivity index (χ4v) is 5.38. The van der Waals surface area contributed by atoms with E-state index in [-0.39, 0.29) is 11.5 Å². The van der Waals surface area contributed by atoms with Crippen molar-refractivity contribution in [2.24, 2.45) is 17.8 Å². The Kier molecular flexibility index (Phi) is 5.32. The van der Waals surface area contributed by atoms with Gasteiger partial charge in [0.2, 0.25) is 0 Å². The van der Waals surface area contributed by atoms with E-state index in [0.717, 1.165) is 30.9 Å². The average molecular weight is 388 g/mol. The summed E-state index contributed by atoms with van der Waals surface area (Å²) in [7, 11) is 0. The number of benzene rings is 1. The minimum atomic E-state index is -4.43. The summed E-state index contributed by atoms with van der Waals surface area (Å²) in [4.78, 5) is 0. The lowest BCUT2D eigenvalue weighted by Gasteiger charge is -2.38. The Morgan fingerprint density at radius 1 is 0.926 bits per heavy atom. The average Bonchev–Trinajstić information content (AvgIpc) is 2.70. The molecule has 27 heavy (non-hydrogen) atoms. The predicted octanol–water partition coefficient (Wildman–Crippen LogP) is 7.96. The second-order valence-electron chi connectivity index (χ2n) is 8.59. The Morgan fingerprint density at radius 3 is 2.07 bits per heavy atom. The first-order chi connectivity index (χ1) is 14.1. The van der Waals surface area contributed by atoms with Crippen molar-refractivity contribution in [2.45, 2.75) is 89.8 Å².